The Morgan fingerprint density at radius 3 is 2.67 bits per heavy atom. The van der Waals surface area contributed by atoms with Crippen molar-refractivity contribution in [3.63, 3.8) is 0 Å². The van der Waals surface area contributed by atoms with Gasteiger partial charge in [0.1, 0.15) is 5.82 Å². The molecule has 3 rings (SSSR count). The highest BCUT2D eigenvalue weighted by atomic mass is 16.1. The molecule has 1 heterocycles. The number of aromatic amines is 1. The van der Waals surface area contributed by atoms with Gasteiger partial charge in [-0.3, -0.25) is 4.79 Å². The maximum atomic E-state index is 12.0. The Morgan fingerprint density at radius 2 is 1.90 bits per heavy atom. The van der Waals surface area contributed by atoms with Crippen molar-refractivity contribution in [1.29, 1.82) is 0 Å². The number of aryl methyl sites for hydroxylation is 1. The molecule has 4 nitrogen and oxygen atoms in total. The Bertz CT molecular complexity index is 824. The molecule has 21 heavy (non-hydrogen) atoms. The lowest BCUT2D eigenvalue weighted by molar-refractivity contribution is 0.923. The molecular weight excluding hydrogens is 262 g/mol. The summed E-state index contributed by atoms with van der Waals surface area (Å²) in [5.41, 5.74) is 2.89. The summed E-state index contributed by atoms with van der Waals surface area (Å²) in [5, 5.41) is 0.638. The molecule has 0 spiro atoms. The average Bonchev–Trinajstić information content (AvgIpc) is 2.48. The van der Waals surface area contributed by atoms with Gasteiger partial charge in [0, 0.05) is 19.3 Å². The predicted molar refractivity (Wildman–Crippen MR) is 85.6 cm³/mol. The molecule has 0 fully saturated rings. The summed E-state index contributed by atoms with van der Waals surface area (Å²) in [5.74, 6) is 0.640. The van der Waals surface area contributed by atoms with E-state index in [4.69, 9.17) is 0 Å². The smallest absolute Gasteiger partial charge is 0.258 e. The van der Waals surface area contributed by atoms with E-state index in [2.05, 4.69) is 27.0 Å². The van der Waals surface area contributed by atoms with Crippen LogP contribution in [0.25, 0.3) is 10.9 Å². The molecule has 0 radical (unpaired) electrons. The number of nitrogens with zero attached hydrogens (tertiary/aromatic N) is 2. The normalized spacial score (nSPS) is 10.8. The van der Waals surface area contributed by atoms with Gasteiger partial charge in [0.2, 0.25) is 0 Å². The first-order valence-electron chi connectivity index (χ1n) is 6.89. The van der Waals surface area contributed by atoms with E-state index in [0.29, 0.717) is 11.2 Å². The second kappa shape index (κ2) is 5.40. The van der Waals surface area contributed by atoms with Gasteiger partial charge in [-0.05, 0) is 36.8 Å². The Balaban J connectivity index is 1.93. The van der Waals surface area contributed by atoms with Gasteiger partial charge in [0.25, 0.3) is 5.56 Å². The maximum Gasteiger partial charge on any atom is 0.258 e. The Kier molecular flexibility index (Phi) is 3.44. The molecule has 0 unspecified atom stereocenters. The summed E-state index contributed by atoms with van der Waals surface area (Å²) >= 11 is 0. The van der Waals surface area contributed by atoms with Crippen LogP contribution in [0, 0.1) is 6.92 Å². The van der Waals surface area contributed by atoms with Crippen LogP contribution in [0.4, 0.5) is 5.69 Å². The summed E-state index contributed by atoms with van der Waals surface area (Å²) in [6, 6.07) is 16.0. The summed E-state index contributed by atoms with van der Waals surface area (Å²) < 4.78 is 0. The SMILES string of the molecule is Cc1nc2ccc(CN(C)c3ccccc3)cc2c(=O)[nH]1. The first-order valence-corrected chi connectivity index (χ1v) is 6.89. The molecule has 106 valence electrons. The molecule has 0 saturated heterocycles. The fraction of sp³-hybridized carbons (Fsp3) is 0.176. The number of aromatic nitrogens is 2. The van der Waals surface area contributed by atoms with Crippen LogP contribution in [0.15, 0.2) is 53.3 Å². The fourth-order valence-electron chi connectivity index (χ4n) is 2.45. The van der Waals surface area contributed by atoms with E-state index in [1.54, 1.807) is 6.92 Å². The minimum Gasteiger partial charge on any atom is -0.370 e. The Hall–Kier alpha value is -2.62. The van der Waals surface area contributed by atoms with Crippen LogP contribution < -0.4 is 10.5 Å². The van der Waals surface area contributed by atoms with Gasteiger partial charge in [-0.2, -0.15) is 0 Å². The van der Waals surface area contributed by atoms with Crippen LogP contribution in [-0.2, 0) is 6.54 Å². The molecule has 0 aliphatic rings. The van der Waals surface area contributed by atoms with Crippen LogP contribution in [0.2, 0.25) is 0 Å². The number of hydrogen-bond acceptors (Lipinski definition) is 3. The largest absolute Gasteiger partial charge is 0.370 e. The van der Waals surface area contributed by atoms with Crippen LogP contribution >= 0.6 is 0 Å². The molecule has 1 aromatic heterocycles. The van der Waals surface area contributed by atoms with Crippen LogP contribution in [0.1, 0.15) is 11.4 Å². The van der Waals surface area contributed by atoms with E-state index in [1.807, 2.05) is 43.4 Å². The molecule has 0 amide bonds. The lowest BCUT2D eigenvalue weighted by Crippen LogP contribution is -2.17. The van der Waals surface area contributed by atoms with E-state index >= 15 is 0 Å². The van der Waals surface area contributed by atoms with E-state index < -0.39 is 0 Å². The lowest BCUT2D eigenvalue weighted by atomic mass is 10.1. The van der Waals surface area contributed by atoms with Gasteiger partial charge in [0.05, 0.1) is 10.9 Å². The third-order valence-corrected chi connectivity index (χ3v) is 3.50. The molecule has 1 N–H and O–H groups in total. The topological polar surface area (TPSA) is 49.0 Å². The molecule has 0 aliphatic heterocycles. The second-order valence-electron chi connectivity index (χ2n) is 5.19. The number of para-hydroxylation sites is 1. The van der Waals surface area contributed by atoms with Crippen molar-refractivity contribution in [3.05, 3.63) is 70.3 Å². The Morgan fingerprint density at radius 1 is 1.14 bits per heavy atom. The fourth-order valence-corrected chi connectivity index (χ4v) is 2.45. The molecule has 0 bridgehead atoms. The zero-order valence-corrected chi connectivity index (χ0v) is 12.1. The monoisotopic (exact) mass is 279 g/mol. The van der Waals surface area contributed by atoms with Crippen molar-refractivity contribution in [2.75, 3.05) is 11.9 Å². The van der Waals surface area contributed by atoms with E-state index in [1.165, 1.54) is 0 Å². The van der Waals surface area contributed by atoms with Gasteiger partial charge in [-0.1, -0.05) is 24.3 Å². The van der Waals surface area contributed by atoms with Gasteiger partial charge < -0.3 is 9.88 Å². The second-order valence-corrected chi connectivity index (χ2v) is 5.19. The van der Waals surface area contributed by atoms with Crippen molar-refractivity contribution in [2.24, 2.45) is 0 Å². The van der Waals surface area contributed by atoms with Gasteiger partial charge in [-0.15, -0.1) is 0 Å². The van der Waals surface area contributed by atoms with Crippen LogP contribution in [-0.4, -0.2) is 17.0 Å². The molecule has 0 aliphatic carbocycles. The van der Waals surface area contributed by atoms with Crippen LogP contribution in [0.3, 0.4) is 0 Å². The number of hydrogen-bond donors (Lipinski definition) is 1. The van der Waals surface area contributed by atoms with E-state index in [-0.39, 0.29) is 5.56 Å². The average molecular weight is 279 g/mol. The number of rotatable bonds is 3. The highest BCUT2D eigenvalue weighted by molar-refractivity contribution is 5.78. The molecule has 2 aromatic carbocycles. The zero-order chi connectivity index (χ0) is 14.8. The van der Waals surface area contributed by atoms with Gasteiger partial charge in [0.15, 0.2) is 0 Å². The highest BCUT2D eigenvalue weighted by Gasteiger charge is 2.06. The third-order valence-electron chi connectivity index (χ3n) is 3.50. The molecular formula is C17H17N3O. The summed E-state index contributed by atoms with van der Waals surface area (Å²) in [7, 11) is 2.04. The lowest BCUT2D eigenvalue weighted by Gasteiger charge is -2.19. The highest BCUT2D eigenvalue weighted by Crippen LogP contribution is 2.16. The quantitative estimate of drug-likeness (QED) is 0.802. The number of benzene rings is 2. The van der Waals surface area contributed by atoms with E-state index in [9.17, 15) is 4.79 Å². The molecule has 0 saturated carbocycles. The number of nitrogens with one attached hydrogen (secondary N) is 1. The van der Waals surface area contributed by atoms with Gasteiger partial charge in [-0.25, -0.2) is 4.98 Å². The van der Waals surface area contributed by atoms with Crippen molar-refractivity contribution in [1.82, 2.24) is 9.97 Å². The molecule has 4 heteroatoms. The molecule has 0 atom stereocenters. The van der Waals surface area contributed by atoms with Crippen molar-refractivity contribution in [3.8, 4) is 0 Å². The van der Waals surface area contributed by atoms with Crippen LogP contribution in [0.5, 0.6) is 0 Å². The Labute approximate surface area is 123 Å². The van der Waals surface area contributed by atoms with Crippen molar-refractivity contribution in [2.45, 2.75) is 13.5 Å². The number of fused-ring (bicyclic) bond motifs is 1. The van der Waals surface area contributed by atoms with Crippen molar-refractivity contribution < 1.29 is 0 Å². The minimum atomic E-state index is -0.0817. The third kappa shape index (κ3) is 2.79. The summed E-state index contributed by atoms with van der Waals surface area (Å²) in [6.07, 6.45) is 0. The molecule has 3 aromatic rings. The maximum absolute atomic E-state index is 12.0. The summed E-state index contributed by atoms with van der Waals surface area (Å²) in [6.45, 7) is 2.53. The first kappa shape index (κ1) is 13.4. The number of anilines is 1. The predicted octanol–water partition coefficient (Wildman–Crippen LogP) is 2.87. The van der Waals surface area contributed by atoms with Gasteiger partial charge >= 0.3 is 0 Å². The zero-order valence-electron chi connectivity index (χ0n) is 12.1. The van der Waals surface area contributed by atoms with E-state index in [0.717, 1.165) is 23.3 Å². The first-order chi connectivity index (χ1) is 10.1. The number of H-pyrrole nitrogens is 1. The van der Waals surface area contributed by atoms with Crippen molar-refractivity contribution >= 4 is 16.6 Å². The summed E-state index contributed by atoms with van der Waals surface area (Å²) in [4.78, 5) is 21.2. The minimum absolute atomic E-state index is 0.0817. The standard InChI is InChI=1S/C17H17N3O/c1-12-18-16-9-8-13(10-15(16)17(21)19-12)11-20(2)14-6-4-3-5-7-14/h3-10H,11H2,1-2H3,(H,18,19,21).